The summed E-state index contributed by atoms with van der Waals surface area (Å²) in [6, 6.07) is 5.76. The Bertz CT molecular complexity index is 660. The lowest BCUT2D eigenvalue weighted by molar-refractivity contribution is 0.0988. The van der Waals surface area contributed by atoms with E-state index in [9.17, 15) is 4.79 Å². The lowest BCUT2D eigenvalue weighted by atomic mass is 10.1. The molecule has 104 valence electrons. The second kappa shape index (κ2) is 5.33. The van der Waals surface area contributed by atoms with Gasteiger partial charge in [0, 0.05) is 41.4 Å². The summed E-state index contributed by atoms with van der Waals surface area (Å²) in [5, 5.41) is 0.737. The van der Waals surface area contributed by atoms with Gasteiger partial charge in [-0.2, -0.15) is 0 Å². The summed E-state index contributed by atoms with van der Waals surface area (Å²) in [7, 11) is 0. The second-order valence-electron chi connectivity index (χ2n) is 5.00. The summed E-state index contributed by atoms with van der Waals surface area (Å²) in [6.07, 6.45) is 5.24. The molecule has 0 aliphatic carbocycles. The minimum atomic E-state index is 0.163. The highest BCUT2D eigenvalue weighted by atomic mass is 35.5. The summed E-state index contributed by atoms with van der Waals surface area (Å²) < 4.78 is 7.69. The van der Waals surface area contributed by atoms with Gasteiger partial charge in [0.15, 0.2) is 5.78 Å². The third kappa shape index (κ3) is 2.46. The molecule has 0 saturated carbocycles. The van der Waals surface area contributed by atoms with E-state index in [1.807, 2.05) is 42.1 Å². The highest BCUT2D eigenvalue weighted by molar-refractivity contribution is 6.30. The van der Waals surface area contributed by atoms with Crippen LogP contribution < -0.4 is 4.74 Å². The molecule has 20 heavy (non-hydrogen) atoms. The Kier molecular flexibility index (Phi) is 3.53. The molecule has 3 nitrogen and oxygen atoms in total. The molecule has 4 heteroatoms. The summed E-state index contributed by atoms with van der Waals surface area (Å²) in [4.78, 5) is 11.7. The van der Waals surface area contributed by atoms with Gasteiger partial charge in [-0.05, 0) is 23.8 Å². The Labute approximate surface area is 123 Å². The number of ether oxygens (including phenoxy) is 1. The van der Waals surface area contributed by atoms with Crippen LogP contribution in [0.5, 0.6) is 5.75 Å². The number of carbonyl (C=O) groups excluding carboxylic acids is 1. The number of benzene rings is 1. The van der Waals surface area contributed by atoms with Crippen LogP contribution in [0.2, 0.25) is 5.02 Å². The van der Waals surface area contributed by atoms with Crippen molar-refractivity contribution >= 4 is 17.4 Å². The van der Waals surface area contributed by atoms with Gasteiger partial charge < -0.3 is 9.30 Å². The summed E-state index contributed by atoms with van der Waals surface area (Å²) in [6.45, 7) is 3.26. The minimum Gasteiger partial charge on any atom is -0.493 e. The first-order valence-electron chi connectivity index (χ1n) is 6.80. The number of fused-ring (bicyclic) bond motifs is 1. The summed E-state index contributed by atoms with van der Waals surface area (Å²) in [5.74, 6) is 1.11. The number of hydrogen-bond donors (Lipinski definition) is 0. The molecule has 0 spiro atoms. The van der Waals surface area contributed by atoms with Crippen LogP contribution in [0.15, 0.2) is 30.6 Å². The first-order valence-corrected chi connectivity index (χ1v) is 7.18. The molecular weight excluding hydrogens is 274 g/mol. The summed E-state index contributed by atoms with van der Waals surface area (Å²) >= 11 is 6.15. The zero-order valence-corrected chi connectivity index (χ0v) is 12.1. The molecule has 1 aromatic carbocycles. The summed E-state index contributed by atoms with van der Waals surface area (Å²) in [5.41, 5.74) is 2.99. The first kappa shape index (κ1) is 13.3. The van der Waals surface area contributed by atoms with Gasteiger partial charge in [-0.25, -0.2) is 0 Å². The Morgan fingerprint density at radius 1 is 1.45 bits per heavy atom. The smallest absolute Gasteiger partial charge is 0.164 e. The highest BCUT2D eigenvalue weighted by Gasteiger charge is 2.18. The van der Waals surface area contributed by atoms with Gasteiger partial charge in [0.1, 0.15) is 5.75 Å². The van der Waals surface area contributed by atoms with E-state index < -0.39 is 0 Å². The molecule has 1 aromatic heterocycles. The Morgan fingerprint density at radius 3 is 3.10 bits per heavy atom. The van der Waals surface area contributed by atoms with E-state index in [1.54, 1.807) is 0 Å². The molecule has 3 rings (SSSR count). The second-order valence-corrected chi connectivity index (χ2v) is 5.44. The Morgan fingerprint density at radius 2 is 2.30 bits per heavy atom. The average Bonchev–Trinajstić information content (AvgIpc) is 3.06. The van der Waals surface area contributed by atoms with Crippen LogP contribution in [0.1, 0.15) is 34.8 Å². The van der Waals surface area contributed by atoms with E-state index in [4.69, 9.17) is 16.3 Å². The average molecular weight is 290 g/mol. The van der Waals surface area contributed by atoms with E-state index in [-0.39, 0.29) is 5.78 Å². The number of nitrogens with zero attached hydrogens (tertiary/aromatic N) is 1. The van der Waals surface area contributed by atoms with E-state index >= 15 is 0 Å². The van der Waals surface area contributed by atoms with Crippen molar-refractivity contribution in [2.75, 3.05) is 6.61 Å². The maximum Gasteiger partial charge on any atom is 0.164 e. The molecule has 2 aromatic rings. The van der Waals surface area contributed by atoms with E-state index in [1.165, 1.54) is 5.56 Å². The van der Waals surface area contributed by atoms with Crippen LogP contribution in [0, 0.1) is 0 Å². The van der Waals surface area contributed by atoms with Gasteiger partial charge in [-0.1, -0.05) is 18.5 Å². The van der Waals surface area contributed by atoms with Crippen molar-refractivity contribution in [1.29, 1.82) is 0 Å². The van der Waals surface area contributed by atoms with E-state index in [2.05, 4.69) is 0 Å². The van der Waals surface area contributed by atoms with Gasteiger partial charge in [0.2, 0.25) is 0 Å². The van der Waals surface area contributed by atoms with Crippen LogP contribution in [-0.4, -0.2) is 17.0 Å². The molecular formula is C16H16ClNO2. The van der Waals surface area contributed by atoms with Crippen molar-refractivity contribution < 1.29 is 9.53 Å². The molecule has 0 bridgehead atoms. The number of hydrogen-bond acceptors (Lipinski definition) is 2. The van der Waals surface area contributed by atoms with Crippen LogP contribution in [0.25, 0.3) is 0 Å². The van der Waals surface area contributed by atoms with Crippen molar-refractivity contribution in [3.8, 4) is 5.75 Å². The third-order valence-corrected chi connectivity index (χ3v) is 3.79. The van der Waals surface area contributed by atoms with Gasteiger partial charge in [-0.15, -0.1) is 0 Å². The fourth-order valence-electron chi connectivity index (χ4n) is 2.57. The van der Waals surface area contributed by atoms with Crippen molar-refractivity contribution in [2.45, 2.75) is 26.3 Å². The standard InChI is InChI=1S/C16H16ClNO2/c1-2-15(19)12-3-5-18(9-12)10-13-8-14(17)7-11-4-6-20-16(11)13/h3,5,7-9H,2,4,6,10H2,1H3. The number of ketones is 1. The number of aromatic nitrogens is 1. The molecule has 0 radical (unpaired) electrons. The lowest BCUT2D eigenvalue weighted by Crippen LogP contribution is -2.00. The van der Waals surface area contributed by atoms with Crippen LogP contribution in [-0.2, 0) is 13.0 Å². The predicted molar refractivity (Wildman–Crippen MR) is 78.8 cm³/mol. The highest BCUT2D eigenvalue weighted by Crippen LogP contribution is 2.33. The minimum absolute atomic E-state index is 0.163. The maximum atomic E-state index is 11.7. The van der Waals surface area contributed by atoms with E-state index in [0.717, 1.165) is 28.3 Å². The largest absolute Gasteiger partial charge is 0.493 e. The number of carbonyl (C=O) groups is 1. The molecule has 1 aliphatic heterocycles. The van der Waals surface area contributed by atoms with Crippen LogP contribution in [0.4, 0.5) is 0 Å². The monoisotopic (exact) mass is 289 g/mol. The molecule has 2 heterocycles. The van der Waals surface area contributed by atoms with Gasteiger partial charge in [0.05, 0.1) is 13.2 Å². The SMILES string of the molecule is CCC(=O)c1ccn(Cc2cc(Cl)cc3c2OCC3)c1. The predicted octanol–water partition coefficient (Wildman–Crippen LogP) is 3.72. The zero-order valence-electron chi connectivity index (χ0n) is 11.4. The Hall–Kier alpha value is -1.74. The molecule has 0 unspecified atom stereocenters. The van der Waals surface area contributed by atoms with Gasteiger partial charge >= 0.3 is 0 Å². The zero-order chi connectivity index (χ0) is 14.1. The van der Waals surface area contributed by atoms with Crippen LogP contribution >= 0.6 is 11.6 Å². The van der Waals surface area contributed by atoms with Crippen molar-refractivity contribution in [3.05, 3.63) is 52.3 Å². The van der Waals surface area contributed by atoms with Crippen LogP contribution in [0.3, 0.4) is 0 Å². The topological polar surface area (TPSA) is 31.2 Å². The molecule has 0 fully saturated rings. The number of halogens is 1. The van der Waals surface area contributed by atoms with Crippen molar-refractivity contribution in [1.82, 2.24) is 4.57 Å². The quantitative estimate of drug-likeness (QED) is 0.803. The van der Waals surface area contributed by atoms with Crippen molar-refractivity contribution in [2.24, 2.45) is 0 Å². The van der Waals surface area contributed by atoms with Crippen molar-refractivity contribution in [3.63, 3.8) is 0 Å². The van der Waals surface area contributed by atoms with Gasteiger partial charge in [0.25, 0.3) is 0 Å². The molecule has 0 N–H and O–H groups in total. The Balaban J connectivity index is 1.88. The normalized spacial score (nSPS) is 13.1. The number of rotatable bonds is 4. The fourth-order valence-corrected chi connectivity index (χ4v) is 2.83. The molecule has 1 aliphatic rings. The molecule has 0 amide bonds. The van der Waals surface area contributed by atoms with E-state index in [0.29, 0.717) is 19.6 Å². The number of Topliss-reactive ketones (excluding diaryl/α,β-unsaturated/α-hetero) is 1. The maximum absolute atomic E-state index is 11.7. The molecule has 0 atom stereocenters. The third-order valence-electron chi connectivity index (χ3n) is 3.57. The lowest BCUT2D eigenvalue weighted by Gasteiger charge is -2.10. The van der Waals surface area contributed by atoms with Gasteiger partial charge in [-0.3, -0.25) is 4.79 Å². The fraction of sp³-hybridized carbons (Fsp3) is 0.312. The molecule has 0 saturated heterocycles. The first-order chi connectivity index (χ1) is 9.67.